The molecule has 2 fully saturated rings. The number of hydrogen-bond acceptors (Lipinski definition) is 7. The lowest BCUT2D eigenvalue weighted by molar-refractivity contribution is -0.434. The molecule has 0 aromatic rings. The number of aliphatic carboxylic acids is 1. The highest BCUT2D eigenvalue weighted by Crippen LogP contribution is 2.53. The van der Waals surface area contributed by atoms with E-state index in [9.17, 15) is 36.6 Å². The van der Waals surface area contributed by atoms with Crippen LogP contribution in [-0.2, 0) is 23.7 Å². The van der Waals surface area contributed by atoms with Crippen LogP contribution in [0.1, 0.15) is 19.3 Å². The smallest absolute Gasteiger partial charge is 0.432 e. The number of esters is 1. The van der Waals surface area contributed by atoms with E-state index in [4.69, 9.17) is 5.26 Å². The van der Waals surface area contributed by atoms with E-state index in [2.05, 4.69) is 14.1 Å². The SMILES string of the molecule is O=C(O)C1C2CCC(C2)C1C(=O)OC(C(F)(F)F)C(F)(F)SOOO. The van der Waals surface area contributed by atoms with Gasteiger partial charge in [-0.25, -0.2) is 5.26 Å². The molecule has 0 saturated heterocycles. The highest BCUT2D eigenvalue weighted by molar-refractivity contribution is 7.95. The lowest BCUT2D eigenvalue weighted by Crippen LogP contribution is -2.48. The van der Waals surface area contributed by atoms with E-state index in [1.165, 1.54) is 0 Å². The molecule has 0 radical (unpaired) electrons. The summed E-state index contributed by atoms with van der Waals surface area (Å²) in [4.78, 5) is 23.4. The van der Waals surface area contributed by atoms with Gasteiger partial charge in [-0.05, 0) is 31.1 Å². The van der Waals surface area contributed by atoms with Crippen LogP contribution in [0.25, 0.3) is 0 Å². The van der Waals surface area contributed by atoms with E-state index in [-0.39, 0.29) is 0 Å². The Morgan fingerprint density at radius 2 is 1.64 bits per heavy atom. The van der Waals surface area contributed by atoms with Crippen LogP contribution in [0.2, 0.25) is 0 Å². The monoisotopic (exact) mass is 396 g/mol. The molecule has 2 saturated carbocycles. The van der Waals surface area contributed by atoms with Gasteiger partial charge in [-0.2, -0.15) is 22.0 Å². The van der Waals surface area contributed by atoms with E-state index in [0.717, 1.165) is 0 Å². The highest BCUT2D eigenvalue weighted by atomic mass is 32.2. The van der Waals surface area contributed by atoms with Crippen LogP contribution in [0.3, 0.4) is 0 Å². The van der Waals surface area contributed by atoms with Crippen molar-refractivity contribution >= 4 is 24.0 Å². The molecule has 0 spiro atoms. The fourth-order valence-corrected chi connectivity index (χ4v) is 4.00. The number of alkyl halides is 5. The van der Waals surface area contributed by atoms with Crippen molar-refractivity contribution in [3.05, 3.63) is 0 Å². The van der Waals surface area contributed by atoms with E-state index in [1.54, 1.807) is 0 Å². The topological polar surface area (TPSA) is 102 Å². The molecule has 2 bridgehead atoms. The number of carboxylic acids is 1. The van der Waals surface area contributed by atoms with Crippen LogP contribution in [0, 0.1) is 23.7 Å². The maximum absolute atomic E-state index is 13.6. The standard InChI is InChI=1S/C12H13F5O7S/c13-11(14,15)10(12(16,17)25-24-23-21)22-9(20)7-5-2-1-4(3-5)6(7)8(18)19/h4-7,10,21H,1-3H2,(H,18,19). The van der Waals surface area contributed by atoms with Crippen LogP contribution in [0.4, 0.5) is 22.0 Å². The maximum atomic E-state index is 13.6. The third-order valence-corrected chi connectivity index (χ3v) is 5.05. The van der Waals surface area contributed by atoms with Gasteiger partial charge in [0, 0.05) is 0 Å². The Morgan fingerprint density at radius 1 is 1.08 bits per heavy atom. The van der Waals surface area contributed by atoms with Crippen molar-refractivity contribution < 1.29 is 56.0 Å². The van der Waals surface area contributed by atoms with Crippen molar-refractivity contribution in [2.45, 2.75) is 36.8 Å². The zero-order valence-corrected chi connectivity index (χ0v) is 13.1. The van der Waals surface area contributed by atoms with Crippen molar-refractivity contribution in [2.24, 2.45) is 23.7 Å². The molecule has 0 aromatic carbocycles. The van der Waals surface area contributed by atoms with Crippen LogP contribution < -0.4 is 0 Å². The number of carbonyl (C=O) groups excluding carboxylic acids is 1. The molecule has 2 aliphatic carbocycles. The molecular weight excluding hydrogens is 383 g/mol. The summed E-state index contributed by atoms with van der Waals surface area (Å²) < 4.78 is 73.2. The first-order chi connectivity index (χ1) is 11.5. The van der Waals surface area contributed by atoms with Gasteiger partial charge >= 0.3 is 23.4 Å². The second kappa shape index (κ2) is 7.21. The zero-order chi connectivity index (χ0) is 19.0. The first-order valence-electron chi connectivity index (χ1n) is 7.02. The molecule has 0 aliphatic heterocycles. The fraction of sp³-hybridized carbons (Fsp3) is 0.833. The van der Waals surface area contributed by atoms with Gasteiger partial charge in [0.1, 0.15) is 12.0 Å². The molecule has 2 N–H and O–H groups in total. The Kier molecular flexibility index (Phi) is 5.81. The number of carboxylic acid groups (broad SMARTS) is 1. The van der Waals surface area contributed by atoms with Crippen molar-refractivity contribution in [1.29, 1.82) is 0 Å². The second-order valence-electron chi connectivity index (χ2n) is 5.87. The average Bonchev–Trinajstić information content (AvgIpc) is 3.09. The number of halogens is 5. The maximum Gasteiger partial charge on any atom is 0.432 e. The number of hydrogen-bond donors (Lipinski definition) is 2. The summed E-state index contributed by atoms with van der Waals surface area (Å²) >= 11 is -1.20. The van der Waals surface area contributed by atoms with Gasteiger partial charge in [-0.15, -0.1) is 4.33 Å². The van der Waals surface area contributed by atoms with Crippen LogP contribution >= 0.6 is 12.0 Å². The van der Waals surface area contributed by atoms with E-state index in [1.807, 2.05) is 0 Å². The van der Waals surface area contributed by atoms with Gasteiger partial charge in [0.2, 0.25) is 0 Å². The molecule has 5 atom stereocenters. The summed E-state index contributed by atoms with van der Waals surface area (Å²) in [6.07, 6.45) is -8.33. The fourth-order valence-electron chi connectivity index (χ4n) is 3.61. The average molecular weight is 396 g/mol. The van der Waals surface area contributed by atoms with Gasteiger partial charge in [-0.1, -0.05) is 5.04 Å². The molecule has 7 nitrogen and oxygen atoms in total. The van der Waals surface area contributed by atoms with E-state index >= 15 is 0 Å². The molecule has 2 aliphatic rings. The normalized spacial score (nSPS) is 30.3. The van der Waals surface area contributed by atoms with Crippen LogP contribution in [0.15, 0.2) is 0 Å². The highest BCUT2D eigenvalue weighted by Gasteiger charge is 2.62. The number of carbonyl (C=O) groups is 2. The predicted molar refractivity (Wildman–Crippen MR) is 68.7 cm³/mol. The quantitative estimate of drug-likeness (QED) is 0.223. The molecular formula is C12H13F5O7S. The third kappa shape index (κ3) is 4.15. The Morgan fingerprint density at radius 3 is 2.12 bits per heavy atom. The first kappa shape index (κ1) is 20.1. The molecule has 0 aromatic heterocycles. The zero-order valence-electron chi connectivity index (χ0n) is 12.2. The number of fused-ring (bicyclic) bond motifs is 2. The Bertz CT molecular complexity index is 528. The summed E-state index contributed by atoms with van der Waals surface area (Å²) in [6.45, 7) is 0. The Hall–Kier alpha value is -1.18. The molecule has 144 valence electrons. The van der Waals surface area contributed by atoms with Crippen LogP contribution in [-0.4, -0.2) is 39.8 Å². The van der Waals surface area contributed by atoms with E-state index < -0.39 is 65.2 Å². The molecule has 5 unspecified atom stereocenters. The van der Waals surface area contributed by atoms with E-state index in [0.29, 0.717) is 19.3 Å². The number of rotatable bonds is 7. The van der Waals surface area contributed by atoms with Crippen molar-refractivity contribution in [1.82, 2.24) is 0 Å². The van der Waals surface area contributed by atoms with Crippen molar-refractivity contribution in [3.8, 4) is 0 Å². The molecule has 25 heavy (non-hydrogen) atoms. The summed E-state index contributed by atoms with van der Waals surface area (Å²) in [5.41, 5.74) is 0. The third-order valence-electron chi connectivity index (χ3n) is 4.49. The minimum Gasteiger partial charge on any atom is -0.481 e. The molecule has 13 heteroatoms. The molecule has 0 heterocycles. The summed E-state index contributed by atoms with van der Waals surface area (Å²) in [7, 11) is 0. The summed E-state index contributed by atoms with van der Waals surface area (Å²) in [6, 6.07) is 0. The first-order valence-corrected chi connectivity index (χ1v) is 7.77. The number of ether oxygens (including phenoxy) is 1. The van der Waals surface area contributed by atoms with Crippen molar-refractivity contribution in [3.63, 3.8) is 0 Å². The van der Waals surface area contributed by atoms with Crippen LogP contribution in [0.5, 0.6) is 0 Å². The summed E-state index contributed by atoms with van der Waals surface area (Å²) in [5, 5.41) is 15.0. The van der Waals surface area contributed by atoms with Gasteiger partial charge < -0.3 is 9.84 Å². The Labute approximate surface area is 141 Å². The summed E-state index contributed by atoms with van der Waals surface area (Å²) in [5.74, 6) is -6.63. The second-order valence-corrected chi connectivity index (χ2v) is 6.72. The van der Waals surface area contributed by atoms with Gasteiger partial charge in [0.25, 0.3) is 6.10 Å². The molecule has 0 amide bonds. The predicted octanol–water partition coefficient (Wildman–Crippen LogP) is 2.87. The van der Waals surface area contributed by atoms with Gasteiger partial charge in [0.15, 0.2) is 0 Å². The minimum absolute atomic E-state index is 0.319. The molecule has 2 rings (SSSR count). The minimum atomic E-state index is -5.67. The lowest BCUT2D eigenvalue weighted by atomic mass is 9.79. The van der Waals surface area contributed by atoms with Crippen molar-refractivity contribution in [2.75, 3.05) is 0 Å². The van der Waals surface area contributed by atoms with Gasteiger partial charge in [-0.3, -0.25) is 9.59 Å². The lowest BCUT2D eigenvalue weighted by Gasteiger charge is -2.31. The largest absolute Gasteiger partial charge is 0.481 e. The Balaban J connectivity index is 2.18. The van der Waals surface area contributed by atoms with Gasteiger partial charge in [0.05, 0.1) is 11.8 Å².